The van der Waals surface area contributed by atoms with Crippen molar-refractivity contribution >= 4 is 27.5 Å². The van der Waals surface area contributed by atoms with Crippen molar-refractivity contribution < 1.29 is 17.9 Å². The number of aromatic nitrogens is 2. The zero-order valence-electron chi connectivity index (χ0n) is 16.2. The topological polar surface area (TPSA) is 92.4 Å². The predicted molar refractivity (Wildman–Crippen MR) is 114 cm³/mol. The van der Waals surface area contributed by atoms with Gasteiger partial charge in [-0.1, -0.05) is 60.3 Å². The summed E-state index contributed by atoms with van der Waals surface area (Å²) < 4.78 is 31.8. The van der Waals surface area contributed by atoms with Gasteiger partial charge in [0.25, 0.3) is 0 Å². The molecule has 0 spiro atoms. The average molecular weight is 444 g/mol. The molecule has 156 valence electrons. The summed E-state index contributed by atoms with van der Waals surface area (Å²) in [7, 11) is -3.81. The summed E-state index contributed by atoms with van der Waals surface area (Å²) in [5, 5.41) is 0.298. The van der Waals surface area contributed by atoms with Gasteiger partial charge in [0.05, 0.1) is 23.9 Å². The van der Waals surface area contributed by atoms with Gasteiger partial charge in [0.2, 0.25) is 15.7 Å². The van der Waals surface area contributed by atoms with Crippen LogP contribution in [-0.4, -0.2) is 61.2 Å². The second-order valence-corrected chi connectivity index (χ2v) is 9.53. The van der Waals surface area contributed by atoms with Gasteiger partial charge in [-0.05, 0) is 12.1 Å². The molecule has 1 fully saturated rings. The molecule has 0 bridgehead atoms. The number of nitrogens with zero attached hydrogens (tertiary/aromatic N) is 2. The highest BCUT2D eigenvalue weighted by atomic mass is 32.2. The Balaban J connectivity index is 1.66. The maximum atomic E-state index is 13.2. The maximum absolute atomic E-state index is 13.2. The van der Waals surface area contributed by atoms with Gasteiger partial charge < -0.3 is 14.6 Å². The highest BCUT2D eigenvalue weighted by molar-refractivity contribution is 8.00. The maximum Gasteiger partial charge on any atom is 0.233 e. The van der Waals surface area contributed by atoms with E-state index in [1.54, 1.807) is 35.2 Å². The molecule has 9 heteroatoms. The number of nitrogens with one attached hydrogen (secondary N) is 1. The summed E-state index contributed by atoms with van der Waals surface area (Å²) >= 11 is 1.13. The van der Waals surface area contributed by atoms with Crippen LogP contribution in [0.15, 0.2) is 75.6 Å². The van der Waals surface area contributed by atoms with Crippen LogP contribution in [0.4, 0.5) is 0 Å². The van der Waals surface area contributed by atoms with Crippen LogP contribution in [0, 0.1) is 0 Å². The first-order valence-electron chi connectivity index (χ1n) is 9.49. The lowest BCUT2D eigenvalue weighted by Crippen LogP contribution is -2.41. The van der Waals surface area contributed by atoms with Crippen molar-refractivity contribution in [1.29, 1.82) is 0 Å². The van der Waals surface area contributed by atoms with Crippen molar-refractivity contribution in [2.75, 3.05) is 32.1 Å². The molecule has 2 aromatic carbocycles. The summed E-state index contributed by atoms with van der Waals surface area (Å²) in [4.78, 5) is 21.9. The van der Waals surface area contributed by atoms with Gasteiger partial charge in [-0.2, -0.15) is 0 Å². The van der Waals surface area contributed by atoms with Gasteiger partial charge in [-0.3, -0.25) is 4.79 Å². The Bertz CT molecular complexity index is 1110. The van der Waals surface area contributed by atoms with Crippen LogP contribution < -0.4 is 0 Å². The number of benzene rings is 2. The number of imidazole rings is 1. The highest BCUT2D eigenvalue weighted by Crippen LogP contribution is 2.32. The minimum Gasteiger partial charge on any atom is -0.378 e. The van der Waals surface area contributed by atoms with Gasteiger partial charge in [0, 0.05) is 18.7 Å². The molecule has 1 saturated heterocycles. The molecular formula is C21H21N3O4S2. The summed E-state index contributed by atoms with van der Waals surface area (Å²) in [5.74, 6) is 0.498. The van der Waals surface area contributed by atoms with E-state index in [2.05, 4.69) is 9.97 Å². The third-order valence-electron chi connectivity index (χ3n) is 4.71. The standard InChI is InChI=1S/C21H21N3O4S2/c25-18(24-11-13-28-14-12-24)15-29-20-21(30(26,27)17-9-5-2-6-10-17)23-19(22-20)16-7-3-1-4-8-16/h1-10H,11-15H2,(H,22,23). The first kappa shape index (κ1) is 20.6. The van der Waals surface area contributed by atoms with Crippen molar-refractivity contribution in [2.24, 2.45) is 0 Å². The monoisotopic (exact) mass is 443 g/mol. The number of amides is 1. The molecule has 0 unspecified atom stereocenters. The number of rotatable bonds is 6. The molecule has 0 radical (unpaired) electrons. The number of H-pyrrole nitrogens is 1. The van der Waals surface area contributed by atoms with Crippen molar-refractivity contribution in [1.82, 2.24) is 14.9 Å². The minimum atomic E-state index is -3.81. The van der Waals surface area contributed by atoms with Crippen LogP contribution in [0.25, 0.3) is 11.4 Å². The largest absolute Gasteiger partial charge is 0.378 e. The Morgan fingerprint density at radius 1 is 1.03 bits per heavy atom. The normalized spacial score (nSPS) is 14.6. The molecule has 2 heterocycles. The van der Waals surface area contributed by atoms with Crippen LogP contribution >= 0.6 is 11.8 Å². The summed E-state index contributed by atoms with van der Waals surface area (Å²) in [6, 6.07) is 17.5. The molecule has 30 heavy (non-hydrogen) atoms. The van der Waals surface area contributed by atoms with Crippen molar-refractivity contribution in [3.05, 3.63) is 60.7 Å². The van der Waals surface area contributed by atoms with E-state index in [9.17, 15) is 13.2 Å². The first-order valence-corrected chi connectivity index (χ1v) is 12.0. The van der Waals surface area contributed by atoms with E-state index in [0.717, 1.165) is 17.3 Å². The second kappa shape index (κ2) is 9.03. The zero-order chi connectivity index (χ0) is 21.0. The second-order valence-electron chi connectivity index (χ2n) is 6.68. The lowest BCUT2D eigenvalue weighted by Gasteiger charge is -2.26. The number of morpholine rings is 1. The molecule has 4 rings (SSSR count). The smallest absolute Gasteiger partial charge is 0.233 e. The number of ether oxygens (including phenoxy) is 1. The highest BCUT2D eigenvalue weighted by Gasteiger charge is 2.27. The van der Waals surface area contributed by atoms with Gasteiger partial charge in [-0.15, -0.1) is 0 Å². The Morgan fingerprint density at radius 2 is 1.67 bits per heavy atom. The van der Waals surface area contributed by atoms with E-state index in [0.29, 0.717) is 37.2 Å². The third-order valence-corrected chi connectivity index (χ3v) is 7.52. The lowest BCUT2D eigenvalue weighted by molar-refractivity contribution is -0.132. The van der Waals surface area contributed by atoms with Crippen LogP contribution in [0.3, 0.4) is 0 Å². The average Bonchev–Trinajstić information content (AvgIpc) is 3.24. The molecule has 1 amide bonds. The Kier molecular flexibility index (Phi) is 6.21. The fraction of sp³-hybridized carbons (Fsp3) is 0.238. The first-order chi connectivity index (χ1) is 14.6. The molecule has 3 aromatic rings. The van der Waals surface area contributed by atoms with E-state index in [4.69, 9.17) is 4.74 Å². The van der Waals surface area contributed by atoms with Gasteiger partial charge in [0.1, 0.15) is 10.9 Å². The SMILES string of the molecule is O=C(CSc1nc(-c2ccccc2)[nH]c1S(=O)(=O)c1ccccc1)N1CCOCC1. The number of hydrogen-bond acceptors (Lipinski definition) is 6. The molecule has 0 atom stereocenters. The quantitative estimate of drug-likeness (QED) is 0.589. The fourth-order valence-corrected chi connectivity index (χ4v) is 5.65. The van der Waals surface area contributed by atoms with Crippen LogP contribution in [-0.2, 0) is 19.4 Å². The molecule has 0 saturated carbocycles. The van der Waals surface area contributed by atoms with Crippen molar-refractivity contribution in [2.45, 2.75) is 14.9 Å². The predicted octanol–water partition coefficient (Wildman–Crippen LogP) is 2.86. The van der Waals surface area contributed by atoms with Crippen LogP contribution in [0.2, 0.25) is 0 Å². The molecule has 7 nitrogen and oxygen atoms in total. The number of aromatic amines is 1. The van der Waals surface area contributed by atoms with Gasteiger partial charge in [0.15, 0.2) is 5.03 Å². The summed E-state index contributed by atoms with van der Waals surface area (Å²) in [6.07, 6.45) is 0. The van der Waals surface area contributed by atoms with Crippen molar-refractivity contribution in [3.8, 4) is 11.4 Å². The molecule has 1 aliphatic rings. The van der Waals surface area contributed by atoms with E-state index in [1.807, 2.05) is 30.3 Å². The summed E-state index contributed by atoms with van der Waals surface area (Å²) in [6.45, 7) is 2.13. The van der Waals surface area contributed by atoms with Gasteiger partial charge in [-0.25, -0.2) is 13.4 Å². The molecule has 1 aromatic heterocycles. The third kappa shape index (κ3) is 4.43. The number of carbonyl (C=O) groups is 1. The zero-order valence-corrected chi connectivity index (χ0v) is 17.8. The Morgan fingerprint density at radius 3 is 2.33 bits per heavy atom. The number of carbonyl (C=O) groups excluding carboxylic acids is 1. The number of hydrogen-bond donors (Lipinski definition) is 1. The fourth-order valence-electron chi connectivity index (χ4n) is 3.11. The Labute approximate surface area is 179 Å². The van der Waals surface area contributed by atoms with Gasteiger partial charge >= 0.3 is 0 Å². The summed E-state index contributed by atoms with van der Waals surface area (Å²) in [5.41, 5.74) is 0.772. The number of thioether (sulfide) groups is 1. The Hall–Kier alpha value is -2.62. The molecular weight excluding hydrogens is 422 g/mol. The van der Waals surface area contributed by atoms with E-state index in [-0.39, 0.29) is 21.6 Å². The van der Waals surface area contributed by atoms with Crippen LogP contribution in [0.1, 0.15) is 0 Å². The van der Waals surface area contributed by atoms with E-state index < -0.39 is 9.84 Å². The van der Waals surface area contributed by atoms with Crippen molar-refractivity contribution in [3.63, 3.8) is 0 Å². The van der Waals surface area contributed by atoms with E-state index >= 15 is 0 Å². The molecule has 0 aliphatic carbocycles. The van der Waals surface area contributed by atoms with E-state index in [1.165, 1.54) is 0 Å². The molecule has 1 N–H and O–H groups in total. The lowest BCUT2D eigenvalue weighted by atomic mass is 10.2. The minimum absolute atomic E-state index is 0.00679. The van der Waals surface area contributed by atoms with Crippen LogP contribution in [0.5, 0.6) is 0 Å². The molecule has 1 aliphatic heterocycles. The number of sulfone groups is 1.